The van der Waals surface area contributed by atoms with Gasteiger partial charge in [-0.1, -0.05) is 199 Å². The smallest absolute Gasteiger partial charge is 0.306 e. The van der Waals surface area contributed by atoms with E-state index in [1.807, 2.05) is 0 Å². The van der Waals surface area contributed by atoms with Crippen molar-refractivity contribution in [2.75, 3.05) is 19.8 Å². The van der Waals surface area contributed by atoms with E-state index < -0.39 is 6.10 Å². The standard InChI is InChI=1S/C47H88O5/c1-4-7-10-13-16-19-22-23-24-25-27-28-31-34-37-40-46(48)51-44-45(43-50-42-39-36-33-30-21-18-15-12-9-6-3)52-47(49)41-38-35-32-29-26-20-17-14-11-8-5-2/h16,19,23-24,45H,4-15,17-18,20-22,25-44H2,1-3H3/b19-16-,24-23-. The number of unbranched alkanes of at least 4 members (excludes halogenated alkanes) is 27. The van der Waals surface area contributed by atoms with Crippen molar-refractivity contribution >= 4 is 11.9 Å². The lowest BCUT2D eigenvalue weighted by Crippen LogP contribution is -2.30. The highest BCUT2D eigenvalue weighted by Crippen LogP contribution is 2.14. The normalized spacial score (nSPS) is 12.3. The Balaban J connectivity index is 4.22. The number of rotatable bonds is 42. The maximum atomic E-state index is 12.7. The van der Waals surface area contributed by atoms with Crippen molar-refractivity contribution in [3.05, 3.63) is 24.3 Å². The summed E-state index contributed by atoms with van der Waals surface area (Å²) in [4.78, 5) is 25.2. The van der Waals surface area contributed by atoms with Gasteiger partial charge in [0.05, 0.1) is 6.61 Å². The lowest BCUT2D eigenvalue weighted by atomic mass is 10.1. The van der Waals surface area contributed by atoms with E-state index in [9.17, 15) is 9.59 Å². The molecule has 0 saturated heterocycles. The van der Waals surface area contributed by atoms with Crippen molar-refractivity contribution in [1.82, 2.24) is 0 Å². The first kappa shape index (κ1) is 50.4. The summed E-state index contributed by atoms with van der Waals surface area (Å²) in [5.41, 5.74) is 0. The summed E-state index contributed by atoms with van der Waals surface area (Å²) in [7, 11) is 0. The highest BCUT2D eigenvalue weighted by molar-refractivity contribution is 5.70. The van der Waals surface area contributed by atoms with Gasteiger partial charge in [-0.3, -0.25) is 9.59 Å². The molecule has 0 fully saturated rings. The SMILES string of the molecule is CCCCC/C=C\C/C=C\CCCCCCCC(=O)OCC(COCCCCCCCCCCCC)OC(=O)CCCCCCCCCCCCC. The van der Waals surface area contributed by atoms with Crippen LogP contribution in [0, 0.1) is 0 Å². The molecule has 0 spiro atoms. The largest absolute Gasteiger partial charge is 0.462 e. The summed E-state index contributed by atoms with van der Waals surface area (Å²) in [5, 5.41) is 0. The fraction of sp³-hybridized carbons (Fsp3) is 0.872. The Morgan fingerprint density at radius 2 is 0.808 bits per heavy atom. The van der Waals surface area contributed by atoms with Gasteiger partial charge in [-0.05, 0) is 51.4 Å². The molecule has 0 aliphatic rings. The van der Waals surface area contributed by atoms with Gasteiger partial charge in [0.1, 0.15) is 6.61 Å². The van der Waals surface area contributed by atoms with Gasteiger partial charge in [-0.2, -0.15) is 0 Å². The molecule has 0 rings (SSSR count). The van der Waals surface area contributed by atoms with Gasteiger partial charge in [0, 0.05) is 19.4 Å². The Morgan fingerprint density at radius 1 is 0.423 bits per heavy atom. The van der Waals surface area contributed by atoms with Crippen molar-refractivity contribution in [3.63, 3.8) is 0 Å². The van der Waals surface area contributed by atoms with Crippen LogP contribution >= 0.6 is 0 Å². The van der Waals surface area contributed by atoms with E-state index in [0.29, 0.717) is 26.1 Å². The Kier molecular flexibility index (Phi) is 42.4. The molecule has 0 N–H and O–H groups in total. The fourth-order valence-corrected chi connectivity index (χ4v) is 6.54. The number of esters is 2. The first-order valence-corrected chi connectivity index (χ1v) is 22.9. The third-order valence-electron chi connectivity index (χ3n) is 9.99. The first-order chi connectivity index (χ1) is 25.6. The zero-order valence-corrected chi connectivity index (χ0v) is 35.1. The number of carbonyl (C=O) groups is 2. The summed E-state index contributed by atoms with van der Waals surface area (Å²) in [6.07, 6.45) is 48.8. The molecule has 0 radical (unpaired) electrons. The van der Waals surface area contributed by atoms with E-state index in [0.717, 1.165) is 51.4 Å². The maximum Gasteiger partial charge on any atom is 0.306 e. The van der Waals surface area contributed by atoms with Crippen LogP contribution in [0.4, 0.5) is 0 Å². The molecule has 0 amide bonds. The monoisotopic (exact) mass is 733 g/mol. The molecular formula is C47H88O5. The average Bonchev–Trinajstić information content (AvgIpc) is 3.14. The molecule has 0 heterocycles. The summed E-state index contributed by atoms with van der Waals surface area (Å²) >= 11 is 0. The summed E-state index contributed by atoms with van der Waals surface area (Å²) < 4.78 is 17.3. The summed E-state index contributed by atoms with van der Waals surface area (Å²) in [6.45, 7) is 7.80. The van der Waals surface area contributed by atoms with E-state index >= 15 is 0 Å². The van der Waals surface area contributed by atoms with E-state index in [2.05, 4.69) is 45.1 Å². The van der Waals surface area contributed by atoms with Crippen LogP contribution in [0.5, 0.6) is 0 Å². The molecule has 0 aromatic heterocycles. The molecular weight excluding hydrogens is 645 g/mol. The van der Waals surface area contributed by atoms with Gasteiger partial charge in [-0.25, -0.2) is 0 Å². The van der Waals surface area contributed by atoms with Crippen LogP contribution in [0.1, 0.15) is 239 Å². The Bertz CT molecular complexity index is 791. The molecule has 0 aliphatic carbocycles. The van der Waals surface area contributed by atoms with Gasteiger partial charge < -0.3 is 14.2 Å². The zero-order chi connectivity index (χ0) is 37.8. The Labute approximate surface area is 324 Å². The number of hydrogen-bond donors (Lipinski definition) is 0. The van der Waals surface area contributed by atoms with Gasteiger partial charge in [0.25, 0.3) is 0 Å². The minimum absolute atomic E-state index is 0.0844. The van der Waals surface area contributed by atoms with E-state index in [1.165, 1.54) is 154 Å². The predicted octanol–water partition coefficient (Wildman–Crippen LogP) is 14.9. The van der Waals surface area contributed by atoms with E-state index in [4.69, 9.17) is 14.2 Å². The predicted molar refractivity (Wildman–Crippen MR) is 224 cm³/mol. The zero-order valence-electron chi connectivity index (χ0n) is 35.1. The molecule has 1 atom stereocenters. The molecule has 0 bridgehead atoms. The minimum Gasteiger partial charge on any atom is -0.462 e. The Hall–Kier alpha value is -1.62. The summed E-state index contributed by atoms with van der Waals surface area (Å²) in [6, 6.07) is 0. The quantitative estimate of drug-likeness (QED) is 0.0355. The molecule has 306 valence electrons. The number of hydrogen-bond acceptors (Lipinski definition) is 5. The third-order valence-corrected chi connectivity index (χ3v) is 9.99. The molecule has 1 unspecified atom stereocenters. The van der Waals surface area contributed by atoms with Crippen LogP contribution in [0.3, 0.4) is 0 Å². The lowest BCUT2D eigenvalue weighted by Gasteiger charge is -2.18. The van der Waals surface area contributed by atoms with Crippen LogP contribution in [-0.2, 0) is 23.8 Å². The first-order valence-electron chi connectivity index (χ1n) is 22.9. The number of ether oxygens (including phenoxy) is 3. The molecule has 0 saturated carbocycles. The van der Waals surface area contributed by atoms with Crippen LogP contribution < -0.4 is 0 Å². The van der Waals surface area contributed by atoms with Crippen molar-refractivity contribution < 1.29 is 23.8 Å². The summed E-state index contributed by atoms with van der Waals surface area (Å²) in [5.74, 6) is -0.403. The van der Waals surface area contributed by atoms with Crippen LogP contribution in [-0.4, -0.2) is 37.9 Å². The topological polar surface area (TPSA) is 61.8 Å². The van der Waals surface area contributed by atoms with Crippen LogP contribution in [0.15, 0.2) is 24.3 Å². The van der Waals surface area contributed by atoms with Crippen molar-refractivity contribution in [2.24, 2.45) is 0 Å². The van der Waals surface area contributed by atoms with E-state index in [-0.39, 0.29) is 18.5 Å². The Morgan fingerprint density at radius 3 is 1.31 bits per heavy atom. The second kappa shape index (κ2) is 43.8. The maximum absolute atomic E-state index is 12.7. The van der Waals surface area contributed by atoms with Crippen LogP contribution in [0.25, 0.3) is 0 Å². The van der Waals surface area contributed by atoms with Gasteiger partial charge in [0.2, 0.25) is 0 Å². The molecule has 0 aromatic carbocycles. The third kappa shape index (κ3) is 41.1. The number of carbonyl (C=O) groups excluding carboxylic acids is 2. The fourth-order valence-electron chi connectivity index (χ4n) is 6.54. The van der Waals surface area contributed by atoms with Crippen molar-refractivity contribution in [2.45, 2.75) is 245 Å². The van der Waals surface area contributed by atoms with Gasteiger partial charge in [0.15, 0.2) is 6.10 Å². The molecule has 0 aromatic rings. The lowest BCUT2D eigenvalue weighted by molar-refractivity contribution is -0.163. The molecule has 5 nitrogen and oxygen atoms in total. The van der Waals surface area contributed by atoms with Gasteiger partial charge >= 0.3 is 11.9 Å². The van der Waals surface area contributed by atoms with Crippen LogP contribution in [0.2, 0.25) is 0 Å². The second-order valence-electron chi connectivity index (χ2n) is 15.3. The van der Waals surface area contributed by atoms with E-state index in [1.54, 1.807) is 0 Å². The second-order valence-corrected chi connectivity index (χ2v) is 15.3. The molecule has 5 heteroatoms. The highest BCUT2D eigenvalue weighted by atomic mass is 16.6. The average molecular weight is 733 g/mol. The van der Waals surface area contributed by atoms with Crippen molar-refractivity contribution in [3.8, 4) is 0 Å². The molecule has 52 heavy (non-hydrogen) atoms. The highest BCUT2D eigenvalue weighted by Gasteiger charge is 2.17. The number of allylic oxidation sites excluding steroid dienone is 4. The van der Waals surface area contributed by atoms with Gasteiger partial charge in [-0.15, -0.1) is 0 Å². The van der Waals surface area contributed by atoms with Crippen molar-refractivity contribution in [1.29, 1.82) is 0 Å². The minimum atomic E-state index is -0.531. The molecule has 0 aliphatic heterocycles.